The van der Waals surface area contributed by atoms with Crippen molar-refractivity contribution >= 4 is 34.3 Å². The van der Waals surface area contributed by atoms with E-state index in [1.165, 1.54) is 11.8 Å². The highest BCUT2D eigenvalue weighted by Crippen LogP contribution is 2.30. The molecule has 4 rings (SSSR count). The van der Waals surface area contributed by atoms with Crippen molar-refractivity contribution in [3.05, 3.63) is 72.2 Å². The van der Waals surface area contributed by atoms with Gasteiger partial charge in [0.25, 0.3) is 11.1 Å². The molecule has 1 amide bonds. The van der Waals surface area contributed by atoms with Gasteiger partial charge in [-0.15, -0.1) is 10.2 Å². The number of benzene rings is 2. The van der Waals surface area contributed by atoms with Crippen molar-refractivity contribution in [2.75, 3.05) is 5.32 Å². The summed E-state index contributed by atoms with van der Waals surface area (Å²) in [6.45, 7) is 6.15. The van der Waals surface area contributed by atoms with Crippen LogP contribution in [0, 0.1) is 12.8 Å². The van der Waals surface area contributed by atoms with E-state index < -0.39 is 5.25 Å². The number of thioether (sulfide) groups is 1. The third kappa shape index (κ3) is 5.26. The second kappa shape index (κ2) is 9.82. The Morgan fingerprint density at radius 1 is 1.09 bits per heavy atom. The van der Waals surface area contributed by atoms with E-state index in [0.29, 0.717) is 11.1 Å². The molecule has 2 aromatic heterocycles. The minimum absolute atomic E-state index is 0.0484. The number of hydrogen-bond donors (Lipinski definition) is 1. The summed E-state index contributed by atoms with van der Waals surface area (Å²) in [4.78, 5) is 17.4. The Labute approximate surface area is 190 Å². The van der Waals surface area contributed by atoms with E-state index in [4.69, 9.17) is 9.15 Å². The second-order valence-electron chi connectivity index (χ2n) is 7.71. The molecule has 0 bridgehead atoms. The summed E-state index contributed by atoms with van der Waals surface area (Å²) >= 11 is 1.25. The first-order valence-electron chi connectivity index (χ1n) is 10.3. The van der Waals surface area contributed by atoms with E-state index in [-0.39, 0.29) is 18.4 Å². The average molecular weight is 449 g/mol. The third-order valence-electron chi connectivity index (χ3n) is 4.83. The molecule has 1 N–H and O–H groups in total. The molecular weight excluding hydrogens is 424 g/mol. The zero-order valence-corrected chi connectivity index (χ0v) is 18.9. The number of aromatic nitrogens is 3. The summed E-state index contributed by atoms with van der Waals surface area (Å²) in [5, 5.41) is 12.0. The van der Waals surface area contributed by atoms with Gasteiger partial charge < -0.3 is 14.5 Å². The van der Waals surface area contributed by atoms with Crippen molar-refractivity contribution in [3.63, 3.8) is 0 Å². The average Bonchev–Trinajstić information content (AvgIpc) is 3.24. The molecule has 7 nitrogen and oxygen atoms in total. The van der Waals surface area contributed by atoms with Crippen LogP contribution in [0.25, 0.3) is 10.9 Å². The molecule has 0 radical (unpaired) electrons. The predicted octanol–water partition coefficient (Wildman–Crippen LogP) is 5.26. The minimum Gasteiger partial charge on any atom is -0.484 e. The number of amides is 1. The highest BCUT2D eigenvalue weighted by atomic mass is 32.2. The molecule has 4 aromatic rings. The monoisotopic (exact) mass is 448 g/mol. The van der Waals surface area contributed by atoms with Gasteiger partial charge in [0, 0.05) is 11.6 Å². The lowest BCUT2D eigenvalue weighted by Crippen LogP contribution is -2.29. The lowest BCUT2D eigenvalue weighted by atomic mass is 10.1. The zero-order valence-electron chi connectivity index (χ0n) is 18.1. The van der Waals surface area contributed by atoms with Crippen LogP contribution in [-0.4, -0.2) is 26.3 Å². The second-order valence-corrected chi connectivity index (χ2v) is 8.80. The van der Waals surface area contributed by atoms with Gasteiger partial charge in [0.2, 0.25) is 5.91 Å². The van der Waals surface area contributed by atoms with Crippen molar-refractivity contribution in [3.8, 4) is 5.75 Å². The van der Waals surface area contributed by atoms with Crippen LogP contribution in [0.4, 0.5) is 5.69 Å². The number of fused-ring (bicyclic) bond motifs is 1. The van der Waals surface area contributed by atoms with Crippen molar-refractivity contribution in [1.82, 2.24) is 15.2 Å². The first-order chi connectivity index (χ1) is 15.5. The summed E-state index contributed by atoms with van der Waals surface area (Å²) in [6, 6.07) is 17.2. The summed E-state index contributed by atoms with van der Waals surface area (Å²) in [7, 11) is 0. The van der Waals surface area contributed by atoms with Crippen LogP contribution in [0.15, 0.2) is 70.4 Å². The number of rotatable bonds is 8. The number of ether oxygens (including phenoxy) is 1. The summed E-state index contributed by atoms with van der Waals surface area (Å²) in [6.07, 6.45) is 1.73. The maximum atomic E-state index is 13.1. The fraction of sp³-hybridized carbons (Fsp3) is 0.250. The summed E-state index contributed by atoms with van der Waals surface area (Å²) in [5.41, 5.74) is 2.71. The van der Waals surface area contributed by atoms with Gasteiger partial charge in [-0.25, -0.2) is 0 Å². The van der Waals surface area contributed by atoms with Crippen molar-refractivity contribution in [2.45, 2.75) is 37.9 Å². The maximum Gasteiger partial charge on any atom is 0.277 e. The molecule has 0 saturated carbocycles. The molecule has 0 aliphatic rings. The largest absolute Gasteiger partial charge is 0.484 e. The van der Waals surface area contributed by atoms with Gasteiger partial charge in [-0.2, -0.15) is 0 Å². The van der Waals surface area contributed by atoms with Gasteiger partial charge in [0.1, 0.15) is 5.75 Å². The Morgan fingerprint density at radius 2 is 1.91 bits per heavy atom. The Bertz CT molecular complexity index is 1200. The molecule has 2 aromatic carbocycles. The number of anilines is 1. The van der Waals surface area contributed by atoms with Gasteiger partial charge in [-0.3, -0.25) is 9.78 Å². The number of pyridine rings is 1. The number of aryl methyl sites for hydroxylation is 1. The molecule has 0 fully saturated rings. The smallest absolute Gasteiger partial charge is 0.277 e. The van der Waals surface area contributed by atoms with Crippen molar-refractivity contribution in [1.29, 1.82) is 0 Å². The number of hydrogen-bond acceptors (Lipinski definition) is 7. The molecule has 32 heavy (non-hydrogen) atoms. The van der Waals surface area contributed by atoms with Crippen LogP contribution < -0.4 is 10.1 Å². The third-order valence-corrected chi connectivity index (χ3v) is 6.21. The number of nitrogens with zero attached hydrogens (tertiary/aromatic N) is 3. The lowest BCUT2D eigenvalue weighted by molar-refractivity contribution is -0.116. The van der Waals surface area contributed by atoms with Gasteiger partial charge in [0.15, 0.2) is 6.61 Å². The number of carbonyl (C=O) groups excluding carboxylic acids is 1. The molecule has 8 heteroatoms. The number of carbonyl (C=O) groups is 1. The summed E-state index contributed by atoms with van der Waals surface area (Å²) in [5.74, 6) is 1.01. The predicted molar refractivity (Wildman–Crippen MR) is 125 cm³/mol. The Hall–Kier alpha value is -3.39. The minimum atomic E-state index is -0.409. The van der Waals surface area contributed by atoms with Gasteiger partial charge in [0.05, 0.1) is 16.5 Å². The molecule has 1 atom stereocenters. The van der Waals surface area contributed by atoms with Crippen molar-refractivity contribution in [2.24, 2.45) is 5.92 Å². The first kappa shape index (κ1) is 21.8. The summed E-state index contributed by atoms with van der Waals surface area (Å²) < 4.78 is 11.4. The lowest BCUT2D eigenvalue weighted by Gasteiger charge is -2.18. The quantitative estimate of drug-likeness (QED) is 0.368. The topological polar surface area (TPSA) is 90.1 Å². The SMILES string of the molecule is Cc1ccc(OCc2nnc(SC(C(=O)Nc3cccc4ncccc34)C(C)C)o2)cc1. The van der Waals surface area contributed by atoms with E-state index in [9.17, 15) is 4.79 Å². The fourth-order valence-corrected chi connectivity index (χ4v) is 4.03. The molecule has 0 aliphatic heterocycles. The first-order valence-corrected chi connectivity index (χ1v) is 11.2. The highest BCUT2D eigenvalue weighted by molar-refractivity contribution is 8.00. The Morgan fingerprint density at radius 3 is 2.69 bits per heavy atom. The van der Waals surface area contributed by atoms with E-state index in [2.05, 4.69) is 20.5 Å². The van der Waals surface area contributed by atoms with E-state index in [1.807, 2.05) is 75.4 Å². The van der Waals surface area contributed by atoms with Gasteiger partial charge in [-0.1, -0.05) is 49.4 Å². The van der Waals surface area contributed by atoms with E-state index in [1.54, 1.807) is 6.20 Å². The fourth-order valence-electron chi connectivity index (χ4n) is 3.14. The van der Waals surface area contributed by atoms with Gasteiger partial charge in [-0.05, 0) is 49.2 Å². The maximum absolute atomic E-state index is 13.1. The molecule has 1 unspecified atom stereocenters. The van der Waals surface area contributed by atoms with E-state index in [0.717, 1.165) is 27.9 Å². The van der Waals surface area contributed by atoms with Crippen LogP contribution in [0.2, 0.25) is 0 Å². The van der Waals surface area contributed by atoms with E-state index >= 15 is 0 Å². The molecule has 0 saturated heterocycles. The molecule has 0 spiro atoms. The van der Waals surface area contributed by atoms with Crippen LogP contribution in [-0.2, 0) is 11.4 Å². The van der Waals surface area contributed by atoms with Crippen LogP contribution in [0.5, 0.6) is 5.75 Å². The van der Waals surface area contributed by atoms with Crippen LogP contribution in [0.1, 0.15) is 25.3 Å². The molecule has 164 valence electrons. The van der Waals surface area contributed by atoms with Gasteiger partial charge >= 0.3 is 0 Å². The zero-order chi connectivity index (χ0) is 22.5. The normalized spacial score (nSPS) is 12.1. The standard InChI is InChI=1S/C24H24N4O3S/c1-15(2)22(23(29)26-20-8-4-7-19-18(20)6-5-13-25-19)32-24-28-27-21(31-24)14-30-17-11-9-16(3)10-12-17/h4-13,15,22H,14H2,1-3H3,(H,26,29). The van der Waals surface area contributed by atoms with Crippen molar-refractivity contribution < 1.29 is 13.9 Å². The van der Waals surface area contributed by atoms with Crippen LogP contribution in [0.3, 0.4) is 0 Å². The molecular formula is C24H24N4O3S. The highest BCUT2D eigenvalue weighted by Gasteiger charge is 2.26. The molecule has 2 heterocycles. The Balaban J connectivity index is 1.42. The van der Waals surface area contributed by atoms with Crippen LogP contribution >= 0.6 is 11.8 Å². The number of nitrogens with one attached hydrogen (secondary N) is 1. The molecule has 0 aliphatic carbocycles. The Kier molecular flexibility index (Phi) is 6.70.